The lowest BCUT2D eigenvalue weighted by Gasteiger charge is -2.21. The molecule has 0 saturated heterocycles. The second-order valence-corrected chi connectivity index (χ2v) is 13.3. The first-order chi connectivity index (χ1) is 24.8. The van der Waals surface area contributed by atoms with Crippen molar-refractivity contribution in [3.05, 3.63) is 194 Å². The summed E-state index contributed by atoms with van der Waals surface area (Å²) in [5.74, 6) is 0. The van der Waals surface area contributed by atoms with E-state index in [2.05, 4.69) is 194 Å². The van der Waals surface area contributed by atoms with E-state index < -0.39 is 0 Å². The molecule has 0 aromatic heterocycles. The molecule has 0 aliphatic carbocycles. The predicted octanol–water partition coefficient (Wildman–Crippen LogP) is 14.1. The Balaban J connectivity index is 1.29. The third-order valence-corrected chi connectivity index (χ3v) is 10.4. The van der Waals surface area contributed by atoms with E-state index >= 15 is 0 Å². The molecule has 10 aromatic carbocycles. The van der Waals surface area contributed by atoms with Crippen molar-refractivity contribution in [1.29, 1.82) is 0 Å². The van der Waals surface area contributed by atoms with Crippen LogP contribution in [0.1, 0.15) is 0 Å². The average molecular weight is 633 g/mol. The zero-order chi connectivity index (χ0) is 33.0. The van der Waals surface area contributed by atoms with E-state index in [-0.39, 0.29) is 0 Å². The van der Waals surface area contributed by atoms with Crippen molar-refractivity contribution < 1.29 is 0 Å². The highest BCUT2D eigenvalue weighted by molar-refractivity contribution is 6.23. The zero-order valence-electron chi connectivity index (χ0n) is 27.5. The van der Waals surface area contributed by atoms with Gasteiger partial charge in [-0.2, -0.15) is 0 Å². The van der Waals surface area contributed by atoms with Gasteiger partial charge in [0.1, 0.15) is 0 Å². The van der Waals surface area contributed by atoms with Crippen LogP contribution < -0.4 is 0 Å². The summed E-state index contributed by atoms with van der Waals surface area (Å²) < 4.78 is 0. The van der Waals surface area contributed by atoms with E-state index in [1.807, 2.05) is 0 Å². The highest BCUT2D eigenvalue weighted by atomic mass is 14.2. The highest BCUT2D eigenvalue weighted by Gasteiger charge is 2.20. The molecule has 50 heavy (non-hydrogen) atoms. The summed E-state index contributed by atoms with van der Waals surface area (Å²) in [5.41, 5.74) is 9.91. The minimum Gasteiger partial charge on any atom is -0.0616 e. The Morgan fingerprint density at radius 1 is 0.200 bits per heavy atom. The minimum absolute atomic E-state index is 1.21. The van der Waals surface area contributed by atoms with E-state index in [0.717, 1.165) is 0 Å². The van der Waals surface area contributed by atoms with Crippen molar-refractivity contribution in [2.45, 2.75) is 0 Å². The lowest BCUT2D eigenvalue weighted by atomic mass is 9.82. The maximum Gasteiger partial charge on any atom is -0.00199 e. The summed E-state index contributed by atoms with van der Waals surface area (Å²) >= 11 is 0. The number of rotatable bonds is 4. The topological polar surface area (TPSA) is 0 Å². The van der Waals surface area contributed by atoms with Gasteiger partial charge in [-0.15, -0.1) is 0 Å². The minimum atomic E-state index is 1.21. The molecular formula is C50H32. The lowest BCUT2D eigenvalue weighted by Crippen LogP contribution is -1.94. The van der Waals surface area contributed by atoms with Gasteiger partial charge < -0.3 is 0 Å². The normalized spacial score (nSPS) is 11.6. The molecule has 0 aliphatic rings. The third-order valence-electron chi connectivity index (χ3n) is 10.4. The fourth-order valence-corrected chi connectivity index (χ4v) is 7.98. The van der Waals surface area contributed by atoms with Crippen LogP contribution in [0, 0.1) is 0 Å². The van der Waals surface area contributed by atoms with Gasteiger partial charge in [-0.05, 0) is 123 Å². The van der Waals surface area contributed by atoms with Crippen LogP contribution in [-0.2, 0) is 0 Å². The predicted molar refractivity (Wildman–Crippen MR) is 216 cm³/mol. The second-order valence-electron chi connectivity index (χ2n) is 13.3. The Hall–Kier alpha value is -6.50. The quantitative estimate of drug-likeness (QED) is 0.169. The Kier molecular flexibility index (Phi) is 6.60. The van der Waals surface area contributed by atoms with E-state index in [4.69, 9.17) is 0 Å². The molecule has 232 valence electrons. The van der Waals surface area contributed by atoms with Gasteiger partial charge in [-0.3, -0.25) is 0 Å². The molecular weight excluding hydrogens is 601 g/mol. The molecule has 0 N–H and O–H groups in total. The van der Waals surface area contributed by atoms with Crippen LogP contribution in [0.5, 0.6) is 0 Å². The molecule has 0 radical (unpaired) electrons. The Morgan fingerprint density at radius 3 is 1.10 bits per heavy atom. The number of fused-ring (bicyclic) bond motifs is 5. The second kappa shape index (κ2) is 11.6. The molecule has 10 aromatic rings. The summed E-state index contributed by atoms with van der Waals surface area (Å²) in [6.45, 7) is 0. The Bertz CT molecular complexity index is 2870. The smallest absolute Gasteiger partial charge is 0.00199 e. The fourth-order valence-electron chi connectivity index (χ4n) is 7.98. The van der Waals surface area contributed by atoms with E-state index in [0.29, 0.717) is 0 Å². The van der Waals surface area contributed by atoms with Crippen molar-refractivity contribution in [2.24, 2.45) is 0 Å². The molecule has 0 fully saturated rings. The average Bonchev–Trinajstić information content (AvgIpc) is 3.19. The van der Waals surface area contributed by atoms with Crippen molar-refractivity contribution in [1.82, 2.24) is 0 Å². The molecule has 0 spiro atoms. The zero-order valence-corrected chi connectivity index (χ0v) is 27.5. The fraction of sp³-hybridized carbons (Fsp3) is 0. The van der Waals surface area contributed by atoms with Gasteiger partial charge in [0.15, 0.2) is 0 Å². The van der Waals surface area contributed by atoms with E-state index in [1.54, 1.807) is 0 Å². The maximum absolute atomic E-state index is 2.43. The molecule has 0 heterocycles. The molecule has 0 nitrogen and oxygen atoms in total. The summed E-state index contributed by atoms with van der Waals surface area (Å²) in [5, 5.41) is 12.5. The first-order valence-electron chi connectivity index (χ1n) is 17.3. The molecule has 0 unspecified atom stereocenters. The highest BCUT2D eigenvalue weighted by Crippen LogP contribution is 2.47. The van der Waals surface area contributed by atoms with Crippen LogP contribution in [0.15, 0.2) is 194 Å². The standard InChI is InChI=1S/C50H32/c1-4-14-36-29-39(24-21-33(36)11-1)40-27-28-43(41-25-22-34-12-2-5-15-37(34)30-41)48(32-40)50-46-19-9-7-17-44(46)49(45-18-8-10-20-47(45)50)42-26-23-35-13-3-6-16-38(35)31-42/h1-32H. The van der Waals surface area contributed by atoms with Crippen molar-refractivity contribution >= 4 is 53.9 Å². The Labute approximate surface area is 291 Å². The number of hydrogen-bond acceptors (Lipinski definition) is 0. The third kappa shape index (κ3) is 4.69. The molecule has 0 atom stereocenters. The molecule has 10 rings (SSSR count). The van der Waals surface area contributed by atoms with E-state index in [1.165, 1.54) is 98.4 Å². The van der Waals surface area contributed by atoms with Gasteiger partial charge in [0.05, 0.1) is 0 Å². The van der Waals surface area contributed by atoms with Gasteiger partial charge in [0.25, 0.3) is 0 Å². The van der Waals surface area contributed by atoms with Crippen LogP contribution in [0.4, 0.5) is 0 Å². The van der Waals surface area contributed by atoms with Crippen molar-refractivity contribution in [2.75, 3.05) is 0 Å². The molecule has 0 aliphatic heterocycles. The van der Waals surface area contributed by atoms with Gasteiger partial charge in [0, 0.05) is 0 Å². The van der Waals surface area contributed by atoms with Crippen LogP contribution in [0.2, 0.25) is 0 Å². The SMILES string of the molecule is c1ccc2cc(-c3ccc(-c4ccc5ccccc5c4)c(-c4c5ccccc5c(-c5ccc6ccccc6c5)c5ccccc45)c3)ccc2c1. The molecule has 0 saturated carbocycles. The van der Waals surface area contributed by atoms with Crippen molar-refractivity contribution in [3.63, 3.8) is 0 Å². The van der Waals surface area contributed by atoms with Crippen LogP contribution in [-0.4, -0.2) is 0 Å². The first kappa shape index (κ1) is 28.5. The van der Waals surface area contributed by atoms with Crippen LogP contribution in [0.25, 0.3) is 98.4 Å². The summed E-state index contributed by atoms with van der Waals surface area (Å²) in [7, 11) is 0. The molecule has 0 heteroatoms. The number of benzene rings is 10. The van der Waals surface area contributed by atoms with Crippen LogP contribution >= 0.6 is 0 Å². The monoisotopic (exact) mass is 632 g/mol. The van der Waals surface area contributed by atoms with Gasteiger partial charge >= 0.3 is 0 Å². The number of hydrogen-bond donors (Lipinski definition) is 0. The van der Waals surface area contributed by atoms with E-state index in [9.17, 15) is 0 Å². The summed E-state index contributed by atoms with van der Waals surface area (Å²) in [4.78, 5) is 0. The van der Waals surface area contributed by atoms with Crippen molar-refractivity contribution in [3.8, 4) is 44.5 Å². The lowest BCUT2D eigenvalue weighted by molar-refractivity contribution is 1.60. The maximum atomic E-state index is 2.43. The summed E-state index contributed by atoms with van der Waals surface area (Å²) in [6.07, 6.45) is 0. The molecule has 0 bridgehead atoms. The van der Waals surface area contributed by atoms with Gasteiger partial charge in [0.2, 0.25) is 0 Å². The van der Waals surface area contributed by atoms with Gasteiger partial charge in [-0.1, -0.05) is 170 Å². The van der Waals surface area contributed by atoms with Crippen LogP contribution in [0.3, 0.4) is 0 Å². The van der Waals surface area contributed by atoms with Gasteiger partial charge in [-0.25, -0.2) is 0 Å². The Morgan fingerprint density at radius 2 is 0.560 bits per heavy atom. The largest absolute Gasteiger partial charge is 0.0616 e. The summed E-state index contributed by atoms with van der Waals surface area (Å²) in [6, 6.07) is 71.5. The first-order valence-corrected chi connectivity index (χ1v) is 17.3. The molecule has 0 amide bonds.